The summed E-state index contributed by atoms with van der Waals surface area (Å²) in [5, 5.41) is 17.8. The van der Waals surface area contributed by atoms with Crippen molar-refractivity contribution in [1.82, 2.24) is 15.8 Å². The van der Waals surface area contributed by atoms with E-state index in [2.05, 4.69) is 21.2 Å². The molecule has 44 heavy (non-hydrogen) atoms. The number of carbonyl (C=O) groups excluding carboxylic acids is 2. The summed E-state index contributed by atoms with van der Waals surface area (Å²) in [4.78, 5) is 38.2. The molecule has 0 saturated carbocycles. The third kappa shape index (κ3) is 10.5. The molecular weight excluding hydrogens is 592 g/mol. The molecule has 1 aromatic heterocycles. The number of halogens is 4. The van der Waals surface area contributed by atoms with Crippen LogP contribution in [0.3, 0.4) is 0 Å². The van der Waals surface area contributed by atoms with E-state index < -0.39 is 35.8 Å². The number of aromatic nitrogens is 1. The van der Waals surface area contributed by atoms with Gasteiger partial charge in [-0.05, 0) is 68.8 Å². The van der Waals surface area contributed by atoms with Crippen LogP contribution in [0.25, 0.3) is 0 Å². The van der Waals surface area contributed by atoms with Crippen LogP contribution in [0.4, 0.5) is 23.2 Å². The molecule has 0 aliphatic carbocycles. The van der Waals surface area contributed by atoms with Crippen molar-refractivity contribution in [3.05, 3.63) is 83.4 Å². The molecule has 0 aliphatic heterocycles. The zero-order valence-electron chi connectivity index (χ0n) is 23.7. The van der Waals surface area contributed by atoms with E-state index in [0.29, 0.717) is 34.9 Å². The van der Waals surface area contributed by atoms with Gasteiger partial charge in [-0.25, -0.2) is 9.18 Å². The first-order valence-corrected chi connectivity index (χ1v) is 12.8. The Morgan fingerprint density at radius 3 is 2.20 bits per heavy atom. The summed E-state index contributed by atoms with van der Waals surface area (Å²) in [5.74, 6) is -4.17. The molecule has 2 amide bonds. The van der Waals surface area contributed by atoms with Gasteiger partial charge in [-0.15, -0.1) is 0 Å². The molecule has 236 valence electrons. The third-order valence-electron chi connectivity index (χ3n) is 5.29. The Bertz CT molecular complexity index is 1470. The quantitative estimate of drug-likeness (QED) is 0.0842. The Morgan fingerprint density at radius 2 is 1.68 bits per heavy atom. The first kappa shape index (κ1) is 34.8. The summed E-state index contributed by atoms with van der Waals surface area (Å²) in [5.41, 5.74) is 11.4. The van der Waals surface area contributed by atoms with Crippen LogP contribution in [0.1, 0.15) is 48.3 Å². The first-order chi connectivity index (χ1) is 20.6. The number of hydrogen-bond acceptors (Lipinski definition) is 8. The van der Waals surface area contributed by atoms with Gasteiger partial charge in [0.2, 0.25) is 0 Å². The molecule has 1 atom stereocenters. The second-order valence-corrected chi connectivity index (χ2v) is 8.98. The molecule has 0 bridgehead atoms. The predicted octanol–water partition coefficient (Wildman–Crippen LogP) is 3.94. The van der Waals surface area contributed by atoms with Crippen LogP contribution in [-0.2, 0) is 9.59 Å². The number of nitrogens with one attached hydrogen (secondary N) is 4. The molecule has 16 heteroatoms. The molecule has 1 unspecified atom stereocenters. The molecule has 0 aliphatic rings. The SMILES string of the molecule is CCOc1cc(C(Nc2ccc(C(=N)N)cc2)C(=O)NNC(=O)c2ccncc2F)ccc1OC(C)C.O=C(O)C(F)(F)F. The van der Waals surface area contributed by atoms with E-state index in [1.54, 1.807) is 42.5 Å². The zero-order valence-corrected chi connectivity index (χ0v) is 23.7. The Labute approximate surface area is 249 Å². The molecule has 12 nitrogen and oxygen atoms in total. The molecule has 0 fully saturated rings. The van der Waals surface area contributed by atoms with Crippen LogP contribution in [-0.4, -0.2) is 52.6 Å². The summed E-state index contributed by atoms with van der Waals surface area (Å²) in [6, 6.07) is 11.9. The van der Waals surface area contributed by atoms with Gasteiger partial charge < -0.3 is 25.6 Å². The summed E-state index contributed by atoms with van der Waals surface area (Å²) in [6.07, 6.45) is -3.00. The fourth-order valence-corrected chi connectivity index (χ4v) is 3.35. The smallest absolute Gasteiger partial charge is 0.490 e. The zero-order chi connectivity index (χ0) is 33.0. The van der Waals surface area contributed by atoms with Crippen molar-refractivity contribution in [2.75, 3.05) is 11.9 Å². The summed E-state index contributed by atoms with van der Waals surface area (Å²) in [6.45, 7) is 5.99. The minimum absolute atomic E-state index is 0.0889. The van der Waals surface area contributed by atoms with Crippen LogP contribution in [0.2, 0.25) is 0 Å². The maximum absolute atomic E-state index is 13.9. The van der Waals surface area contributed by atoms with Crippen LogP contribution < -0.4 is 31.4 Å². The van der Waals surface area contributed by atoms with Crippen molar-refractivity contribution in [3.63, 3.8) is 0 Å². The fourth-order valence-electron chi connectivity index (χ4n) is 3.35. The van der Waals surface area contributed by atoms with Crippen LogP contribution in [0.5, 0.6) is 11.5 Å². The Hall–Kier alpha value is -5.41. The van der Waals surface area contributed by atoms with Crippen LogP contribution in [0, 0.1) is 11.2 Å². The van der Waals surface area contributed by atoms with E-state index in [1.807, 2.05) is 20.8 Å². The van der Waals surface area contributed by atoms with E-state index in [1.165, 1.54) is 12.3 Å². The lowest BCUT2D eigenvalue weighted by Crippen LogP contribution is -2.45. The number of carbonyl (C=O) groups is 3. The number of ether oxygens (including phenoxy) is 2. The first-order valence-electron chi connectivity index (χ1n) is 12.8. The summed E-state index contributed by atoms with van der Waals surface area (Å²) in [7, 11) is 0. The van der Waals surface area contributed by atoms with Crippen LogP contribution >= 0.6 is 0 Å². The van der Waals surface area contributed by atoms with Crippen LogP contribution in [0.15, 0.2) is 60.9 Å². The second-order valence-electron chi connectivity index (χ2n) is 8.98. The second kappa shape index (κ2) is 15.7. The van der Waals surface area contributed by atoms with Gasteiger partial charge in [0.05, 0.1) is 24.5 Å². The lowest BCUT2D eigenvalue weighted by molar-refractivity contribution is -0.192. The van der Waals surface area contributed by atoms with Crippen molar-refractivity contribution >= 4 is 29.3 Å². The number of alkyl halides is 3. The van der Waals surface area contributed by atoms with Gasteiger partial charge in [-0.3, -0.25) is 30.8 Å². The molecule has 3 rings (SSSR count). The number of anilines is 1. The largest absolute Gasteiger partial charge is 0.490 e. The lowest BCUT2D eigenvalue weighted by atomic mass is 10.0. The van der Waals surface area contributed by atoms with Gasteiger partial charge in [-0.2, -0.15) is 13.2 Å². The van der Waals surface area contributed by atoms with E-state index in [4.69, 9.17) is 30.5 Å². The number of pyridine rings is 1. The molecule has 0 radical (unpaired) electrons. The van der Waals surface area contributed by atoms with Crippen molar-refractivity contribution in [3.8, 4) is 11.5 Å². The predicted molar refractivity (Wildman–Crippen MR) is 151 cm³/mol. The van der Waals surface area contributed by atoms with Gasteiger partial charge in [0.15, 0.2) is 17.3 Å². The number of hydrazine groups is 1. The normalized spacial score (nSPS) is 11.4. The number of amides is 2. The fraction of sp³-hybridized carbons (Fsp3) is 0.250. The van der Waals surface area contributed by atoms with Crippen molar-refractivity contribution in [2.45, 2.75) is 39.1 Å². The maximum Gasteiger partial charge on any atom is 0.490 e. The Kier molecular flexibility index (Phi) is 12.4. The minimum atomic E-state index is -5.08. The monoisotopic (exact) mass is 622 g/mol. The third-order valence-corrected chi connectivity index (χ3v) is 5.29. The van der Waals surface area contributed by atoms with Gasteiger partial charge in [0.1, 0.15) is 11.9 Å². The highest BCUT2D eigenvalue weighted by Gasteiger charge is 2.38. The van der Waals surface area contributed by atoms with Crippen molar-refractivity contribution < 1.29 is 46.5 Å². The number of nitrogens with zero attached hydrogens (tertiary/aromatic N) is 1. The number of amidine groups is 1. The van der Waals surface area contributed by atoms with Gasteiger partial charge >= 0.3 is 12.1 Å². The number of carboxylic acids is 1. The Morgan fingerprint density at radius 1 is 1.05 bits per heavy atom. The number of aliphatic carboxylic acids is 1. The highest BCUT2D eigenvalue weighted by Crippen LogP contribution is 2.33. The van der Waals surface area contributed by atoms with Crippen molar-refractivity contribution in [2.24, 2.45) is 5.73 Å². The highest BCUT2D eigenvalue weighted by atomic mass is 19.4. The van der Waals surface area contributed by atoms with E-state index >= 15 is 0 Å². The number of nitrogen functional groups attached to an aromatic ring is 1. The number of hydrogen-bond donors (Lipinski definition) is 6. The molecule has 1 heterocycles. The van der Waals surface area contributed by atoms with Gasteiger partial charge in [0, 0.05) is 17.4 Å². The topological polar surface area (TPSA) is 189 Å². The number of nitrogens with two attached hydrogens (primary N) is 1. The average Bonchev–Trinajstić information content (AvgIpc) is 2.95. The van der Waals surface area contributed by atoms with Gasteiger partial charge in [-0.1, -0.05) is 6.07 Å². The molecule has 3 aromatic rings. The van der Waals surface area contributed by atoms with Gasteiger partial charge in [0.25, 0.3) is 11.8 Å². The van der Waals surface area contributed by atoms with E-state index in [0.717, 1.165) is 6.20 Å². The van der Waals surface area contributed by atoms with E-state index in [-0.39, 0.29) is 17.5 Å². The molecule has 0 spiro atoms. The molecule has 7 N–H and O–H groups in total. The van der Waals surface area contributed by atoms with Crippen molar-refractivity contribution in [1.29, 1.82) is 5.41 Å². The lowest BCUT2D eigenvalue weighted by Gasteiger charge is -2.22. The maximum atomic E-state index is 13.9. The minimum Gasteiger partial charge on any atom is -0.490 e. The molecule has 2 aromatic carbocycles. The summed E-state index contributed by atoms with van der Waals surface area (Å²) >= 11 is 0. The molecule has 0 saturated heterocycles. The standard InChI is InChI=1S/C26H29FN6O4.C2HF3O2/c1-4-36-22-13-17(7-10-21(22)37-15(2)3)23(31-18-8-5-16(6-9-18)24(28)29)26(35)33-32-25(34)19-11-12-30-14-20(19)27;3-2(4,5)1(6)7/h5-15,23,31H,4H2,1-3H3,(H3,28,29)(H,32,34)(H,33,35);(H,6,7). The summed E-state index contributed by atoms with van der Waals surface area (Å²) < 4.78 is 57.2. The average molecular weight is 623 g/mol. The molecular formula is C28H30F4N6O6. The number of benzene rings is 2. The Balaban J connectivity index is 0.000000860. The van der Waals surface area contributed by atoms with E-state index in [9.17, 15) is 27.2 Å². The number of rotatable bonds is 10. The highest BCUT2D eigenvalue weighted by molar-refractivity contribution is 5.97. The number of carboxylic acid groups (broad SMARTS) is 1.